The number of benzene rings is 1. The van der Waals surface area contributed by atoms with E-state index in [-0.39, 0.29) is 12.3 Å². The fourth-order valence-corrected chi connectivity index (χ4v) is 1.80. The van der Waals surface area contributed by atoms with Crippen molar-refractivity contribution in [1.82, 2.24) is 10.2 Å². The molecule has 2 aromatic rings. The van der Waals surface area contributed by atoms with Gasteiger partial charge in [-0.15, -0.1) is 0 Å². The van der Waals surface area contributed by atoms with Gasteiger partial charge in [-0.2, -0.15) is 10.2 Å². The first-order valence-corrected chi connectivity index (χ1v) is 5.83. The molecule has 0 amide bonds. The van der Waals surface area contributed by atoms with Crippen LogP contribution in [0, 0.1) is 5.92 Å². The summed E-state index contributed by atoms with van der Waals surface area (Å²) in [7, 11) is 0. The third-order valence-corrected chi connectivity index (χ3v) is 2.71. The van der Waals surface area contributed by atoms with Crippen LogP contribution in [0.15, 0.2) is 30.5 Å². The molecule has 2 N–H and O–H groups in total. The van der Waals surface area contributed by atoms with Gasteiger partial charge in [-0.3, -0.25) is 4.79 Å². The maximum absolute atomic E-state index is 10.6. The molecule has 0 saturated heterocycles. The van der Waals surface area contributed by atoms with E-state index >= 15 is 0 Å². The normalized spacial score (nSPS) is 12.3. The highest BCUT2D eigenvalue weighted by Gasteiger charge is 2.08. The molecule has 5 heteroatoms. The first-order chi connectivity index (χ1) is 8.66. The molecule has 94 valence electrons. The molecule has 0 aliphatic rings. The Labute approximate surface area is 105 Å². The van der Waals surface area contributed by atoms with Crippen molar-refractivity contribution in [3.63, 3.8) is 0 Å². The van der Waals surface area contributed by atoms with Crippen LogP contribution < -0.4 is 5.32 Å². The number of carboxylic acid groups (broad SMARTS) is 1. The third kappa shape index (κ3) is 2.94. The Kier molecular flexibility index (Phi) is 3.72. The number of rotatable bonds is 5. The predicted molar refractivity (Wildman–Crippen MR) is 69.4 cm³/mol. The van der Waals surface area contributed by atoms with Gasteiger partial charge >= 0.3 is 5.97 Å². The largest absolute Gasteiger partial charge is 0.481 e. The van der Waals surface area contributed by atoms with Gasteiger partial charge in [0.1, 0.15) is 0 Å². The van der Waals surface area contributed by atoms with Crippen LogP contribution in [0.4, 0.5) is 5.69 Å². The summed E-state index contributed by atoms with van der Waals surface area (Å²) in [4.78, 5) is 10.6. The summed E-state index contributed by atoms with van der Waals surface area (Å²) >= 11 is 0. The van der Waals surface area contributed by atoms with Crippen molar-refractivity contribution in [2.24, 2.45) is 5.92 Å². The van der Waals surface area contributed by atoms with Crippen molar-refractivity contribution < 1.29 is 9.90 Å². The number of hydrogen-bond donors (Lipinski definition) is 2. The summed E-state index contributed by atoms with van der Waals surface area (Å²) in [6.45, 7) is 2.50. The topological polar surface area (TPSA) is 75.1 Å². The lowest BCUT2D eigenvalue weighted by molar-refractivity contribution is -0.137. The van der Waals surface area contributed by atoms with E-state index in [9.17, 15) is 4.79 Å². The molecule has 0 radical (unpaired) electrons. The molecule has 1 heterocycles. The number of aromatic nitrogens is 2. The van der Waals surface area contributed by atoms with E-state index in [0.717, 1.165) is 16.6 Å². The second-order valence-corrected chi connectivity index (χ2v) is 4.36. The highest BCUT2D eigenvalue weighted by molar-refractivity contribution is 5.90. The minimum Gasteiger partial charge on any atom is -0.481 e. The molecule has 2 rings (SSSR count). The quantitative estimate of drug-likeness (QED) is 0.844. The second-order valence-electron chi connectivity index (χ2n) is 4.36. The summed E-state index contributed by atoms with van der Waals surface area (Å²) in [6, 6.07) is 7.71. The van der Waals surface area contributed by atoms with E-state index in [0.29, 0.717) is 6.54 Å². The van der Waals surface area contributed by atoms with Gasteiger partial charge in [-0.25, -0.2) is 0 Å². The number of nitrogens with one attached hydrogen (secondary N) is 1. The molecule has 0 aliphatic heterocycles. The summed E-state index contributed by atoms with van der Waals surface area (Å²) in [5, 5.41) is 20.9. The van der Waals surface area contributed by atoms with E-state index in [1.807, 2.05) is 31.2 Å². The van der Waals surface area contributed by atoms with E-state index in [2.05, 4.69) is 15.5 Å². The lowest BCUT2D eigenvalue weighted by Crippen LogP contribution is -2.15. The smallest absolute Gasteiger partial charge is 0.303 e. The van der Waals surface area contributed by atoms with Crippen LogP contribution in [0.25, 0.3) is 10.9 Å². The number of carbonyl (C=O) groups is 1. The number of nitrogens with zero attached hydrogens (tertiary/aromatic N) is 2. The van der Waals surface area contributed by atoms with Crippen molar-refractivity contribution in [2.45, 2.75) is 13.3 Å². The monoisotopic (exact) mass is 245 g/mol. The molecule has 1 aromatic carbocycles. The Morgan fingerprint density at radius 3 is 3.00 bits per heavy atom. The van der Waals surface area contributed by atoms with E-state index < -0.39 is 5.97 Å². The first-order valence-electron chi connectivity index (χ1n) is 5.83. The predicted octanol–water partition coefficient (Wildman–Crippen LogP) is 2.15. The number of anilines is 1. The van der Waals surface area contributed by atoms with Gasteiger partial charge in [0, 0.05) is 18.4 Å². The molecule has 18 heavy (non-hydrogen) atoms. The fourth-order valence-electron chi connectivity index (χ4n) is 1.80. The average molecular weight is 245 g/mol. The van der Waals surface area contributed by atoms with Crippen molar-refractivity contribution in [2.75, 3.05) is 11.9 Å². The SMILES string of the molecule is CC(CNc1cnnc2ccccc12)CC(=O)O. The van der Waals surface area contributed by atoms with Gasteiger partial charge in [0.2, 0.25) is 0 Å². The molecule has 5 nitrogen and oxygen atoms in total. The van der Waals surface area contributed by atoms with Crippen LogP contribution in [0.2, 0.25) is 0 Å². The van der Waals surface area contributed by atoms with Crippen LogP contribution in [0.1, 0.15) is 13.3 Å². The molecule has 0 spiro atoms. The molecule has 0 saturated carbocycles. The lowest BCUT2D eigenvalue weighted by atomic mass is 10.1. The van der Waals surface area contributed by atoms with Gasteiger partial charge < -0.3 is 10.4 Å². The van der Waals surface area contributed by atoms with Gasteiger partial charge in [-0.05, 0) is 12.0 Å². The maximum atomic E-state index is 10.6. The van der Waals surface area contributed by atoms with Crippen molar-refractivity contribution >= 4 is 22.6 Å². The molecule has 0 fully saturated rings. The number of hydrogen-bond acceptors (Lipinski definition) is 4. The summed E-state index contributed by atoms with van der Waals surface area (Å²) in [6.07, 6.45) is 1.82. The maximum Gasteiger partial charge on any atom is 0.303 e. The molecule has 1 aromatic heterocycles. The van der Waals surface area contributed by atoms with Crippen molar-refractivity contribution in [3.05, 3.63) is 30.5 Å². The van der Waals surface area contributed by atoms with Crippen LogP contribution in [0.3, 0.4) is 0 Å². The second kappa shape index (κ2) is 5.44. The van der Waals surface area contributed by atoms with Crippen molar-refractivity contribution in [1.29, 1.82) is 0 Å². The molecule has 0 bridgehead atoms. The number of carboxylic acids is 1. The highest BCUT2D eigenvalue weighted by atomic mass is 16.4. The summed E-state index contributed by atoms with van der Waals surface area (Å²) in [5.41, 5.74) is 1.71. The zero-order chi connectivity index (χ0) is 13.0. The van der Waals surface area contributed by atoms with Gasteiger partial charge in [0.05, 0.1) is 17.4 Å². The zero-order valence-electron chi connectivity index (χ0n) is 10.1. The fraction of sp³-hybridized carbons (Fsp3) is 0.308. The minimum atomic E-state index is -0.776. The van der Waals surface area contributed by atoms with Gasteiger partial charge in [-0.1, -0.05) is 25.1 Å². The Bertz CT molecular complexity index is 551. The van der Waals surface area contributed by atoms with Gasteiger partial charge in [0.15, 0.2) is 0 Å². The Balaban J connectivity index is 2.10. The van der Waals surface area contributed by atoms with Crippen LogP contribution in [-0.2, 0) is 4.79 Å². The Morgan fingerprint density at radius 1 is 1.44 bits per heavy atom. The van der Waals surface area contributed by atoms with Crippen LogP contribution >= 0.6 is 0 Å². The molecular formula is C13H15N3O2. The summed E-state index contributed by atoms with van der Waals surface area (Å²) in [5.74, 6) is -0.712. The lowest BCUT2D eigenvalue weighted by Gasteiger charge is -2.12. The van der Waals surface area contributed by atoms with Crippen molar-refractivity contribution in [3.8, 4) is 0 Å². The molecular weight excluding hydrogens is 230 g/mol. The zero-order valence-corrected chi connectivity index (χ0v) is 10.1. The molecule has 1 unspecified atom stereocenters. The van der Waals surface area contributed by atoms with E-state index in [1.54, 1.807) is 6.20 Å². The minimum absolute atomic E-state index is 0.0643. The summed E-state index contributed by atoms with van der Waals surface area (Å²) < 4.78 is 0. The number of aliphatic carboxylic acids is 1. The standard InChI is InChI=1S/C13H15N3O2/c1-9(6-13(17)18)7-14-12-8-15-16-11-5-3-2-4-10(11)12/h2-5,8-9H,6-7H2,1H3,(H,14,16)(H,17,18). The average Bonchev–Trinajstić information content (AvgIpc) is 2.35. The van der Waals surface area contributed by atoms with Crippen LogP contribution in [-0.4, -0.2) is 27.8 Å². The Morgan fingerprint density at radius 2 is 2.22 bits per heavy atom. The van der Waals surface area contributed by atoms with E-state index in [4.69, 9.17) is 5.11 Å². The number of fused-ring (bicyclic) bond motifs is 1. The highest BCUT2D eigenvalue weighted by Crippen LogP contribution is 2.20. The molecule has 0 aliphatic carbocycles. The van der Waals surface area contributed by atoms with Gasteiger partial charge in [0.25, 0.3) is 0 Å². The third-order valence-electron chi connectivity index (χ3n) is 2.71. The van der Waals surface area contributed by atoms with E-state index in [1.165, 1.54) is 0 Å². The first kappa shape index (κ1) is 12.3. The molecule has 1 atom stereocenters. The van der Waals surface area contributed by atoms with Crippen LogP contribution in [0.5, 0.6) is 0 Å². The Hall–Kier alpha value is -2.17.